The van der Waals surface area contributed by atoms with E-state index in [1.54, 1.807) is 0 Å². The molecule has 1 heterocycles. The second-order valence-electron chi connectivity index (χ2n) is 6.28. The fraction of sp³-hybridized carbons (Fsp3) is 0.474. The first-order valence-corrected chi connectivity index (χ1v) is 8.34. The van der Waals surface area contributed by atoms with Gasteiger partial charge in [0.05, 0.1) is 6.10 Å². The molecule has 1 aliphatic rings. The van der Waals surface area contributed by atoms with Gasteiger partial charge in [-0.2, -0.15) is 0 Å². The zero-order chi connectivity index (χ0) is 15.4. The van der Waals surface area contributed by atoms with Crippen LogP contribution in [0.15, 0.2) is 36.4 Å². The molecule has 3 rings (SSSR count). The van der Waals surface area contributed by atoms with Crippen LogP contribution in [-0.2, 0) is 6.42 Å². The molecule has 0 bridgehead atoms. The lowest BCUT2D eigenvalue weighted by atomic mass is 10.0. The summed E-state index contributed by atoms with van der Waals surface area (Å²) in [5.41, 5.74) is 1.42. The van der Waals surface area contributed by atoms with Gasteiger partial charge in [-0.25, -0.2) is 0 Å². The third kappa shape index (κ3) is 3.60. The Kier molecular flexibility index (Phi) is 4.96. The highest BCUT2D eigenvalue weighted by Crippen LogP contribution is 2.29. The summed E-state index contributed by atoms with van der Waals surface area (Å²) >= 11 is 0. The van der Waals surface area contributed by atoms with Crippen LogP contribution >= 0.6 is 0 Å². The molecular formula is C19H26N2O. The Morgan fingerprint density at radius 3 is 2.50 bits per heavy atom. The minimum Gasteiger partial charge on any atom is -0.490 e. The van der Waals surface area contributed by atoms with Gasteiger partial charge in [0.25, 0.3) is 0 Å². The second kappa shape index (κ2) is 7.12. The Balaban J connectivity index is 1.80. The van der Waals surface area contributed by atoms with Crippen LogP contribution in [0.25, 0.3) is 10.8 Å². The van der Waals surface area contributed by atoms with Gasteiger partial charge < -0.3 is 15.0 Å². The highest BCUT2D eigenvalue weighted by Gasteiger charge is 2.12. The van der Waals surface area contributed by atoms with Crippen LogP contribution in [0.5, 0.6) is 5.75 Å². The number of piperazine rings is 1. The molecule has 1 N–H and O–H groups in total. The van der Waals surface area contributed by atoms with E-state index in [1.807, 2.05) is 0 Å². The van der Waals surface area contributed by atoms with Crippen LogP contribution in [0.4, 0.5) is 0 Å². The summed E-state index contributed by atoms with van der Waals surface area (Å²) in [6.07, 6.45) is 1.30. The summed E-state index contributed by atoms with van der Waals surface area (Å²) in [6.45, 7) is 9.83. The van der Waals surface area contributed by atoms with Gasteiger partial charge in [0.1, 0.15) is 5.75 Å². The van der Waals surface area contributed by atoms with Crippen LogP contribution < -0.4 is 10.1 Å². The molecule has 1 saturated heterocycles. The molecule has 2 aromatic carbocycles. The predicted molar refractivity (Wildman–Crippen MR) is 92.7 cm³/mol. The van der Waals surface area contributed by atoms with E-state index in [2.05, 4.69) is 60.5 Å². The van der Waals surface area contributed by atoms with Crippen molar-refractivity contribution in [2.24, 2.45) is 0 Å². The zero-order valence-electron chi connectivity index (χ0n) is 13.6. The Morgan fingerprint density at radius 2 is 1.77 bits per heavy atom. The van der Waals surface area contributed by atoms with Gasteiger partial charge in [-0.15, -0.1) is 0 Å². The van der Waals surface area contributed by atoms with Crippen molar-refractivity contribution in [1.29, 1.82) is 0 Å². The summed E-state index contributed by atoms with van der Waals surface area (Å²) < 4.78 is 5.96. The number of rotatable bonds is 5. The molecule has 22 heavy (non-hydrogen) atoms. The van der Waals surface area contributed by atoms with E-state index < -0.39 is 0 Å². The molecule has 1 fully saturated rings. The van der Waals surface area contributed by atoms with Crippen molar-refractivity contribution in [3.05, 3.63) is 42.0 Å². The molecule has 2 aromatic rings. The van der Waals surface area contributed by atoms with Crippen molar-refractivity contribution in [2.45, 2.75) is 26.4 Å². The molecule has 0 amide bonds. The number of hydrogen-bond acceptors (Lipinski definition) is 3. The van der Waals surface area contributed by atoms with E-state index in [9.17, 15) is 0 Å². The van der Waals surface area contributed by atoms with Crippen LogP contribution in [0.1, 0.15) is 19.4 Å². The van der Waals surface area contributed by atoms with E-state index in [1.165, 1.54) is 16.3 Å². The molecule has 0 unspecified atom stereocenters. The maximum absolute atomic E-state index is 5.96. The number of nitrogens with zero attached hydrogens (tertiary/aromatic N) is 1. The molecule has 0 atom stereocenters. The van der Waals surface area contributed by atoms with Gasteiger partial charge in [0.15, 0.2) is 0 Å². The lowest BCUT2D eigenvalue weighted by Gasteiger charge is -2.27. The molecule has 0 aliphatic carbocycles. The highest BCUT2D eigenvalue weighted by molar-refractivity contribution is 5.91. The lowest BCUT2D eigenvalue weighted by molar-refractivity contribution is 0.243. The quantitative estimate of drug-likeness (QED) is 0.918. The minimum atomic E-state index is 0.204. The average Bonchev–Trinajstić information content (AvgIpc) is 2.55. The summed E-state index contributed by atoms with van der Waals surface area (Å²) in [6, 6.07) is 13.0. The first-order chi connectivity index (χ1) is 10.7. The largest absolute Gasteiger partial charge is 0.490 e. The maximum Gasteiger partial charge on any atom is 0.127 e. The topological polar surface area (TPSA) is 24.5 Å². The first kappa shape index (κ1) is 15.3. The fourth-order valence-corrected chi connectivity index (χ4v) is 3.12. The van der Waals surface area contributed by atoms with Gasteiger partial charge in [0, 0.05) is 38.1 Å². The van der Waals surface area contributed by atoms with Gasteiger partial charge in [-0.05, 0) is 37.3 Å². The second-order valence-corrected chi connectivity index (χ2v) is 6.28. The summed E-state index contributed by atoms with van der Waals surface area (Å²) in [5.74, 6) is 0.997. The third-order valence-electron chi connectivity index (χ3n) is 4.24. The standard InChI is InChI=1S/C19H26N2O/c1-15(2)22-19-8-7-16(17-5-3-4-6-18(17)19)9-12-21-13-10-20-11-14-21/h3-8,15,20H,9-14H2,1-2H3. The molecule has 0 saturated carbocycles. The predicted octanol–water partition coefficient (Wildman–Crippen LogP) is 3.07. The van der Waals surface area contributed by atoms with Crippen LogP contribution in [0.3, 0.4) is 0 Å². The lowest BCUT2D eigenvalue weighted by Crippen LogP contribution is -2.44. The summed E-state index contributed by atoms with van der Waals surface area (Å²) in [5, 5.41) is 5.97. The Hall–Kier alpha value is -1.58. The SMILES string of the molecule is CC(C)Oc1ccc(CCN2CCNCC2)c2ccccc12. The van der Waals surface area contributed by atoms with Gasteiger partial charge in [-0.3, -0.25) is 0 Å². The molecular weight excluding hydrogens is 272 g/mol. The van der Waals surface area contributed by atoms with Gasteiger partial charge in [-0.1, -0.05) is 30.3 Å². The number of hydrogen-bond donors (Lipinski definition) is 1. The third-order valence-corrected chi connectivity index (χ3v) is 4.24. The van der Waals surface area contributed by atoms with Crippen molar-refractivity contribution in [3.8, 4) is 5.75 Å². The number of benzene rings is 2. The van der Waals surface area contributed by atoms with E-state index in [-0.39, 0.29) is 6.10 Å². The van der Waals surface area contributed by atoms with Gasteiger partial charge in [0.2, 0.25) is 0 Å². The maximum atomic E-state index is 5.96. The molecule has 1 aliphatic heterocycles. The molecule has 0 spiro atoms. The van der Waals surface area contributed by atoms with Crippen LogP contribution in [0, 0.1) is 0 Å². The van der Waals surface area contributed by atoms with Crippen molar-refractivity contribution in [3.63, 3.8) is 0 Å². The smallest absolute Gasteiger partial charge is 0.127 e. The Bertz CT molecular complexity index is 618. The highest BCUT2D eigenvalue weighted by atomic mass is 16.5. The fourth-order valence-electron chi connectivity index (χ4n) is 3.12. The monoisotopic (exact) mass is 298 g/mol. The number of nitrogens with one attached hydrogen (secondary N) is 1. The van der Waals surface area contributed by atoms with E-state index in [0.717, 1.165) is 44.9 Å². The average molecular weight is 298 g/mol. The van der Waals surface area contributed by atoms with Gasteiger partial charge >= 0.3 is 0 Å². The number of ether oxygens (including phenoxy) is 1. The first-order valence-electron chi connectivity index (χ1n) is 8.34. The van der Waals surface area contributed by atoms with Crippen molar-refractivity contribution in [2.75, 3.05) is 32.7 Å². The molecule has 3 nitrogen and oxygen atoms in total. The van der Waals surface area contributed by atoms with Crippen LogP contribution in [-0.4, -0.2) is 43.7 Å². The van der Waals surface area contributed by atoms with E-state index >= 15 is 0 Å². The van der Waals surface area contributed by atoms with E-state index in [0.29, 0.717) is 0 Å². The Morgan fingerprint density at radius 1 is 1.05 bits per heavy atom. The molecule has 0 aromatic heterocycles. The zero-order valence-corrected chi connectivity index (χ0v) is 13.6. The van der Waals surface area contributed by atoms with Crippen LogP contribution in [0.2, 0.25) is 0 Å². The number of fused-ring (bicyclic) bond motifs is 1. The molecule has 0 radical (unpaired) electrons. The van der Waals surface area contributed by atoms with Crippen molar-refractivity contribution < 1.29 is 4.74 Å². The minimum absolute atomic E-state index is 0.204. The normalized spacial score (nSPS) is 16.3. The van der Waals surface area contributed by atoms with E-state index in [4.69, 9.17) is 4.74 Å². The summed E-state index contributed by atoms with van der Waals surface area (Å²) in [7, 11) is 0. The van der Waals surface area contributed by atoms with Crippen molar-refractivity contribution >= 4 is 10.8 Å². The molecule has 118 valence electrons. The summed E-state index contributed by atoms with van der Waals surface area (Å²) in [4.78, 5) is 2.55. The van der Waals surface area contributed by atoms with Crippen molar-refractivity contribution in [1.82, 2.24) is 10.2 Å². The molecule has 3 heteroatoms. The Labute approximate surface area is 133 Å².